The Labute approximate surface area is 120 Å². The lowest BCUT2D eigenvalue weighted by Crippen LogP contribution is -2.26. The Bertz CT molecular complexity index is 423. The van der Waals surface area contributed by atoms with Crippen LogP contribution in [0.3, 0.4) is 0 Å². The molecule has 1 rings (SSSR count). The van der Waals surface area contributed by atoms with Gasteiger partial charge >= 0.3 is 5.97 Å². The van der Waals surface area contributed by atoms with Crippen molar-refractivity contribution in [2.75, 3.05) is 7.11 Å². The fraction of sp³-hybridized carbons (Fsp3) is 0.600. The predicted molar refractivity (Wildman–Crippen MR) is 77.7 cm³/mol. The van der Waals surface area contributed by atoms with Crippen LogP contribution in [-0.4, -0.2) is 29.2 Å². The molecule has 0 aliphatic heterocycles. The topological polar surface area (TPSA) is 71.5 Å². The summed E-state index contributed by atoms with van der Waals surface area (Å²) in [5, 5.41) is 12.2. The molecule has 0 amide bonds. The molecule has 2 unspecified atom stereocenters. The van der Waals surface area contributed by atoms with Crippen LogP contribution in [0.1, 0.15) is 38.7 Å². The third kappa shape index (κ3) is 5.57. The summed E-state index contributed by atoms with van der Waals surface area (Å²) in [6.07, 6.45) is 4.29. The number of aliphatic carboxylic acids is 1. The first-order valence-electron chi connectivity index (χ1n) is 6.98. The second-order valence-corrected chi connectivity index (χ2v) is 5.12. The first-order valence-corrected chi connectivity index (χ1v) is 6.98. The third-order valence-corrected chi connectivity index (χ3v) is 3.38. The maximum absolute atomic E-state index is 10.7. The van der Waals surface area contributed by atoms with Crippen LogP contribution in [0.5, 0.6) is 5.88 Å². The average molecular weight is 280 g/mol. The van der Waals surface area contributed by atoms with Crippen LogP contribution in [0.25, 0.3) is 0 Å². The smallest absolute Gasteiger partial charge is 0.306 e. The molecule has 0 bridgehead atoms. The normalized spacial score (nSPS) is 13.8. The minimum atomic E-state index is -0.717. The number of pyridine rings is 1. The summed E-state index contributed by atoms with van der Waals surface area (Å²) in [7, 11) is 1.61. The summed E-state index contributed by atoms with van der Waals surface area (Å²) in [5.41, 5.74) is 1.03. The van der Waals surface area contributed by atoms with Gasteiger partial charge in [0.1, 0.15) is 0 Å². The minimum absolute atomic E-state index is 0.263. The van der Waals surface area contributed by atoms with E-state index in [0.717, 1.165) is 24.8 Å². The number of carboxylic acid groups (broad SMARTS) is 1. The van der Waals surface area contributed by atoms with Crippen molar-refractivity contribution in [3.63, 3.8) is 0 Å². The van der Waals surface area contributed by atoms with Crippen molar-refractivity contribution in [1.29, 1.82) is 0 Å². The second-order valence-electron chi connectivity index (χ2n) is 5.12. The Morgan fingerprint density at radius 3 is 2.85 bits per heavy atom. The van der Waals surface area contributed by atoms with E-state index in [2.05, 4.69) is 17.2 Å². The quantitative estimate of drug-likeness (QED) is 0.727. The fourth-order valence-corrected chi connectivity index (χ4v) is 1.98. The number of ether oxygens (including phenoxy) is 1. The first kappa shape index (κ1) is 16.4. The fourth-order valence-electron chi connectivity index (χ4n) is 1.98. The lowest BCUT2D eigenvalue weighted by atomic mass is 10.0. The van der Waals surface area contributed by atoms with Gasteiger partial charge in [0, 0.05) is 24.3 Å². The van der Waals surface area contributed by atoms with Gasteiger partial charge in [-0.05, 0) is 25.8 Å². The molecule has 20 heavy (non-hydrogen) atoms. The van der Waals surface area contributed by atoms with Gasteiger partial charge in [-0.15, -0.1) is 0 Å². The van der Waals surface area contributed by atoms with Gasteiger partial charge in [0.25, 0.3) is 0 Å². The molecule has 5 heteroatoms. The van der Waals surface area contributed by atoms with E-state index >= 15 is 0 Å². The number of carbonyl (C=O) groups is 1. The van der Waals surface area contributed by atoms with Crippen LogP contribution in [0, 0.1) is 5.92 Å². The van der Waals surface area contributed by atoms with Crippen LogP contribution in [0.2, 0.25) is 0 Å². The highest BCUT2D eigenvalue weighted by Gasteiger charge is 2.11. The molecule has 5 nitrogen and oxygen atoms in total. The molecule has 0 spiro atoms. The van der Waals surface area contributed by atoms with Gasteiger partial charge in [-0.2, -0.15) is 0 Å². The number of nitrogens with zero attached hydrogens (tertiary/aromatic N) is 1. The van der Waals surface area contributed by atoms with E-state index in [-0.39, 0.29) is 5.92 Å². The number of hydrogen-bond donors (Lipinski definition) is 2. The Balaban J connectivity index is 2.29. The van der Waals surface area contributed by atoms with Crippen molar-refractivity contribution in [3.8, 4) is 5.88 Å². The van der Waals surface area contributed by atoms with Crippen LogP contribution in [0.4, 0.5) is 0 Å². The zero-order chi connectivity index (χ0) is 15.0. The summed E-state index contributed by atoms with van der Waals surface area (Å²) < 4.78 is 5.20. The highest BCUT2D eigenvalue weighted by molar-refractivity contribution is 5.69. The first-order chi connectivity index (χ1) is 9.54. The van der Waals surface area contributed by atoms with Gasteiger partial charge in [0.15, 0.2) is 0 Å². The molecule has 1 aromatic heterocycles. The van der Waals surface area contributed by atoms with Crippen LogP contribution in [0.15, 0.2) is 18.3 Å². The molecule has 0 aliphatic rings. The molecule has 0 saturated heterocycles. The van der Waals surface area contributed by atoms with Crippen LogP contribution < -0.4 is 10.1 Å². The molecule has 0 aromatic carbocycles. The standard InChI is InChI=1S/C15H24N2O3/c1-11(15(18)19)6-4-7-12(2)17-10-13-8-5-9-16-14(13)20-3/h5,8-9,11-12,17H,4,6-7,10H2,1-3H3,(H,18,19). The van der Waals surface area contributed by atoms with E-state index in [1.54, 1.807) is 20.2 Å². The van der Waals surface area contributed by atoms with E-state index in [4.69, 9.17) is 9.84 Å². The molecule has 1 aromatic rings. The number of rotatable bonds is 9. The Morgan fingerprint density at radius 2 is 2.20 bits per heavy atom. The van der Waals surface area contributed by atoms with Crippen molar-refractivity contribution in [3.05, 3.63) is 23.9 Å². The molecular weight excluding hydrogens is 256 g/mol. The zero-order valence-electron chi connectivity index (χ0n) is 12.4. The largest absolute Gasteiger partial charge is 0.481 e. The van der Waals surface area contributed by atoms with Crippen molar-refractivity contribution in [1.82, 2.24) is 10.3 Å². The Kier molecular flexibility index (Phi) is 7.01. The van der Waals surface area contributed by atoms with Gasteiger partial charge in [0.2, 0.25) is 5.88 Å². The SMILES string of the molecule is COc1ncccc1CNC(C)CCCC(C)C(=O)O. The third-order valence-electron chi connectivity index (χ3n) is 3.38. The van der Waals surface area contributed by atoms with Gasteiger partial charge in [-0.1, -0.05) is 19.4 Å². The van der Waals surface area contributed by atoms with Crippen molar-refractivity contribution < 1.29 is 14.6 Å². The van der Waals surface area contributed by atoms with Gasteiger partial charge in [0.05, 0.1) is 13.0 Å². The van der Waals surface area contributed by atoms with Gasteiger partial charge in [-0.3, -0.25) is 4.79 Å². The predicted octanol–water partition coefficient (Wildman–Crippen LogP) is 2.46. The highest BCUT2D eigenvalue weighted by atomic mass is 16.5. The van der Waals surface area contributed by atoms with E-state index < -0.39 is 5.97 Å². The molecule has 0 aliphatic carbocycles. The van der Waals surface area contributed by atoms with Crippen molar-refractivity contribution >= 4 is 5.97 Å². The minimum Gasteiger partial charge on any atom is -0.481 e. The maximum Gasteiger partial charge on any atom is 0.306 e. The number of carboxylic acids is 1. The van der Waals surface area contributed by atoms with E-state index in [1.165, 1.54) is 0 Å². The van der Waals surface area contributed by atoms with Crippen LogP contribution >= 0.6 is 0 Å². The Hall–Kier alpha value is -1.62. The van der Waals surface area contributed by atoms with Crippen molar-refractivity contribution in [2.24, 2.45) is 5.92 Å². The molecule has 112 valence electrons. The molecule has 2 atom stereocenters. The monoisotopic (exact) mass is 280 g/mol. The average Bonchev–Trinajstić information content (AvgIpc) is 2.45. The molecule has 2 N–H and O–H groups in total. The number of nitrogens with one attached hydrogen (secondary N) is 1. The summed E-state index contributed by atoms with van der Waals surface area (Å²) >= 11 is 0. The molecular formula is C15H24N2O3. The molecule has 0 saturated carbocycles. The second kappa shape index (κ2) is 8.53. The lowest BCUT2D eigenvalue weighted by molar-refractivity contribution is -0.141. The van der Waals surface area contributed by atoms with Gasteiger partial charge < -0.3 is 15.2 Å². The van der Waals surface area contributed by atoms with Gasteiger partial charge in [-0.25, -0.2) is 4.98 Å². The summed E-state index contributed by atoms with van der Waals surface area (Å²) in [6.45, 7) is 4.56. The number of aromatic nitrogens is 1. The van der Waals surface area contributed by atoms with E-state index in [0.29, 0.717) is 18.5 Å². The maximum atomic E-state index is 10.7. The lowest BCUT2D eigenvalue weighted by Gasteiger charge is -2.15. The van der Waals surface area contributed by atoms with E-state index in [9.17, 15) is 4.79 Å². The highest BCUT2D eigenvalue weighted by Crippen LogP contribution is 2.14. The van der Waals surface area contributed by atoms with E-state index in [1.807, 2.05) is 12.1 Å². The Morgan fingerprint density at radius 1 is 1.45 bits per heavy atom. The summed E-state index contributed by atoms with van der Waals surface area (Å²) in [4.78, 5) is 14.9. The van der Waals surface area contributed by atoms with Crippen molar-refractivity contribution in [2.45, 2.75) is 45.7 Å². The summed E-state index contributed by atoms with van der Waals surface area (Å²) in [6, 6.07) is 4.21. The number of methoxy groups -OCH3 is 1. The number of hydrogen-bond acceptors (Lipinski definition) is 4. The molecule has 0 radical (unpaired) electrons. The molecule has 0 fully saturated rings. The van der Waals surface area contributed by atoms with Crippen LogP contribution in [-0.2, 0) is 11.3 Å². The summed E-state index contributed by atoms with van der Waals surface area (Å²) in [5.74, 6) is -0.335. The zero-order valence-corrected chi connectivity index (χ0v) is 12.4. The molecule has 1 heterocycles.